The first-order valence-corrected chi connectivity index (χ1v) is 7.29. The van der Waals surface area contributed by atoms with Gasteiger partial charge in [0.25, 0.3) is 0 Å². The quantitative estimate of drug-likeness (QED) is 0.907. The molecule has 0 bridgehead atoms. The molecule has 0 unspecified atom stereocenters. The Kier molecular flexibility index (Phi) is 4.83. The third-order valence-corrected chi connectivity index (χ3v) is 4.41. The Morgan fingerprint density at radius 2 is 2.29 bits per heavy atom. The molecule has 1 saturated heterocycles. The second kappa shape index (κ2) is 6.43. The van der Waals surface area contributed by atoms with Gasteiger partial charge >= 0.3 is 5.97 Å². The SMILES string of the molecule is CC[C@@]1(C(=O)O)CCCN(Cc2ccc(F)c(OC)c2)C1. The van der Waals surface area contributed by atoms with Crippen LogP contribution in [0.2, 0.25) is 0 Å². The molecule has 1 aliphatic rings. The number of carboxylic acid groups (broad SMARTS) is 1. The van der Waals surface area contributed by atoms with Gasteiger partial charge in [-0.1, -0.05) is 13.0 Å². The van der Waals surface area contributed by atoms with Crippen LogP contribution in [0.5, 0.6) is 5.75 Å². The van der Waals surface area contributed by atoms with Crippen LogP contribution in [0.15, 0.2) is 18.2 Å². The summed E-state index contributed by atoms with van der Waals surface area (Å²) >= 11 is 0. The van der Waals surface area contributed by atoms with Crippen LogP contribution in [0.4, 0.5) is 4.39 Å². The van der Waals surface area contributed by atoms with Gasteiger partial charge in [0.15, 0.2) is 11.6 Å². The van der Waals surface area contributed by atoms with E-state index in [-0.39, 0.29) is 11.6 Å². The van der Waals surface area contributed by atoms with Crippen LogP contribution in [0, 0.1) is 11.2 Å². The lowest BCUT2D eigenvalue weighted by atomic mass is 9.77. The number of nitrogens with zero attached hydrogens (tertiary/aromatic N) is 1. The van der Waals surface area contributed by atoms with Crippen LogP contribution >= 0.6 is 0 Å². The van der Waals surface area contributed by atoms with Crippen molar-refractivity contribution in [3.05, 3.63) is 29.6 Å². The van der Waals surface area contributed by atoms with Crippen LogP contribution in [-0.4, -0.2) is 36.2 Å². The number of carboxylic acids is 1. The van der Waals surface area contributed by atoms with E-state index >= 15 is 0 Å². The largest absolute Gasteiger partial charge is 0.494 e. The molecule has 1 N–H and O–H groups in total. The maximum Gasteiger partial charge on any atom is 0.310 e. The Bertz CT molecular complexity index is 520. The highest BCUT2D eigenvalue weighted by atomic mass is 19.1. The molecule has 0 spiro atoms. The first-order valence-electron chi connectivity index (χ1n) is 7.29. The standard InChI is InChI=1S/C16H22FNO3/c1-3-16(15(19)20)7-4-8-18(11-16)10-12-5-6-13(17)14(9-12)21-2/h5-6,9H,3-4,7-8,10-11H2,1-2H3,(H,19,20)/t16-/m1/s1. The fourth-order valence-electron chi connectivity index (χ4n) is 3.04. The van der Waals surface area contributed by atoms with Gasteiger partial charge in [0.05, 0.1) is 12.5 Å². The van der Waals surface area contributed by atoms with Gasteiger partial charge in [-0.25, -0.2) is 4.39 Å². The average molecular weight is 295 g/mol. The molecular formula is C16H22FNO3. The lowest BCUT2D eigenvalue weighted by Crippen LogP contribution is -2.47. The monoisotopic (exact) mass is 295 g/mol. The lowest BCUT2D eigenvalue weighted by molar-refractivity contribution is -0.153. The summed E-state index contributed by atoms with van der Waals surface area (Å²) < 4.78 is 18.4. The fraction of sp³-hybridized carbons (Fsp3) is 0.562. The van der Waals surface area contributed by atoms with Crippen molar-refractivity contribution < 1.29 is 19.0 Å². The van der Waals surface area contributed by atoms with Crippen molar-refractivity contribution in [2.45, 2.75) is 32.7 Å². The van der Waals surface area contributed by atoms with Crippen molar-refractivity contribution in [1.29, 1.82) is 0 Å². The van der Waals surface area contributed by atoms with E-state index in [9.17, 15) is 14.3 Å². The zero-order valence-corrected chi connectivity index (χ0v) is 12.6. The summed E-state index contributed by atoms with van der Waals surface area (Å²) in [6.45, 7) is 3.96. The highest BCUT2D eigenvalue weighted by Gasteiger charge is 2.40. The predicted octanol–water partition coefficient (Wildman–Crippen LogP) is 2.91. The van der Waals surface area contributed by atoms with Crippen LogP contribution < -0.4 is 4.74 Å². The predicted molar refractivity (Wildman–Crippen MR) is 77.8 cm³/mol. The Hall–Kier alpha value is -1.62. The molecule has 0 aliphatic carbocycles. The molecule has 0 aromatic heterocycles. The number of hydrogen-bond acceptors (Lipinski definition) is 3. The average Bonchev–Trinajstić information content (AvgIpc) is 2.49. The zero-order chi connectivity index (χ0) is 15.5. The van der Waals surface area contributed by atoms with Gasteiger partial charge < -0.3 is 9.84 Å². The minimum absolute atomic E-state index is 0.226. The van der Waals surface area contributed by atoms with Crippen molar-refractivity contribution >= 4 is 5.97 Å². The van der Waals surface area contributed by atoms with E-state index < -0.39 is 11.4 Å². The molecule has 0 saturated carbocycles. The van der Waals surface area contributed by atoms with E-state index in [0.29, 0.717) is 19.5 Å². The zero-order valence-electron chi connectivity index (χ0n) is 12.6. The molecule has 4 nitrogen and oxygen atoms in total. The summed E-state index contributed by atoms with van der Waals surface area (Å²) in [4.78, 5) is 13.7. The number of carbonyl (C=O) groups is 1. The Balaban J connectivity index is 2.11. The summed E-state index contributed by atoms with van der Waals surface area (Å²) in [5, 5.41) is 9.49. The van der Waals surface area contributed by atoms with Crippen molar-refractivity contribution in [2.24, 2.45) is 5.41 Å². The minimum atomic E-state index is -0.716. The van der Waals surface area contributed by atoms with E-state index in [1.165, 1.54) is 13.2 Å². The number of hydrogen-bond donors (Lipinski definition) is 1. The minimum Gasteiger partial charge on any atom is -0.494 e. The summed E-state index contributed by atoms with van der Waals surface area (Å²) in [7, 11) is 1.44. The smallest absolute Gasteiger partial charge is 0.310 e. The highest BCUT2D eigenvalue weighted by Crippen LogP contribution is 2.34. The molecule has 1 fully saturated rings. The summed E-state index contributed by atoms with van der Waals surface area (Å²) in [6.07, 6.45) is 2.23. The normalized spacial score (nSPS) is 23.0. The van der Waals surface area contributed by atoms with E-state index in [2.05, 4.69) is 4.90 Å². The van der Waals surface area contributed by atoms with Gasteiger partial charge in [0, 0.05) is 13.1 Å². The van der Waals surface area contributed by atoms with E-state index in [1.807, 2.05) is 6.92 Å². The topological polar surface area (TPSA) is 49.8 Å². The molecular weight excluding hydrogens is 273 g/mol. The van der Waals surface area contributed by atoms with Crippen LogP contribution in [-0.2, 0) is 11.3 Å². The maximum absolute atomic E-state index is 13.4. The van der Waals surface area contributed by atoms with E-state index in [1.54, 1.807) is 12.1 Å². The van der Waals surface area contributed by atoms with Crippen LogP contribution in [0.3, 0.4) is 0 Å². The number of rotatable bonds is 5. The highest BCUT2D eigenvalue weighted by molar-refractivity contribution is 5.75. The summed E-state index contributed by atoms with van der Waals surface area (Å²) in [5.41, 5.74) is 0.285. The van der Waals surface area contributed by atoms with Crippen molar-refractivity contribution in [2.75, 3.05) is 20.2 Å². The van der Waals surface area contributed by atoms with Gasteiger partial charge in [0.2, 0.25) is 0 Å². The molecule has 1 aromatic rings. The molecule has 0 radical (unpaired) electrons. The van der Waals surface area contributed by atoms with Crippen molar-refractivity contribution in [3.8, 4) is 5.75 Å². The molecule has 1 aromatic carbocycles. The summed E-state index contributed by atoms with van der Waals surface area (Å²) in [6, 6.07) is 4.79. The third kappa shape index (κ3) is 3.35. The molecule has 1 aliphatic heterocycles. The van der Waals surface area contributed by atoms with Gasteiger partial charge in [-0.15, -0.1) is 0 Å². The molecule has 1 heterocycles. The van der Waals surface area contributed by atoms with Gasteiger partial charge in [-0.2, -0.15) is 0 Å². The Labute approximate surface area is 124 Å². The van der Waals surface area contributed by atoms with Crippen LogP contribution in [0.1, 0.15) is 31.7 Å². The number of piperidine rings is 1. The maximum atomic E-state index is 13.4. The molecule has 21 heavy (non-hydrogen) atoms. The van der Waals surface area contributed by atoms with E-state index in [4.69, 9.17) is 4.74 Å². The molecule has 0 amide bonds. The van der Waals surface area contributed by atoms with Crippen molar-refractivity contribution in [1.82, 2.24) is 4.90 Å². The van der Waals surface area contributed by atoms with Crippen molar-refractivity contribution in [3.63, 3.8) is 0 Å². The molecule has 116 valence electrons. The van der Waals surface area contributed by atoms with Gasteiger partial charge in [-0.05, 0) is 43.5 Å². The second-order valence-corrected chi connectivity index (χ2v) is 5.72. The fourth-order valence-corrected chi connectivity index (χ4v) is 3.04. The Morgan fingerprint density at radius 1 is 1.52 bits per heavy atom. The summed E-state index contributed by atoms with van der Waals surface area (Å²) in [5.74, 6) is -0.871. The van der Waals surface area contributed by atoms with E-state index in [0.717, 1.165) is 24.9 Å². The van der Waals surface area contributed by atoms with Gasteiger partial charge in [0.1, 0.15) is 0 Å². The number of aliphatic carboxylic acids is 1. The van der Waals surface area contributed by atoms with Crippen LogP contribution in [0.25, 0.3) is 0 Å². The third-order valence-electron chi connectivity index (χ3n) is 4.41. The number of halogens is 1. The number of benzene rings is 1. The first-order chi connectivity index (χ1) is 10.0. The Morgan fingerprint density at radius 3 is 2.90 bits per heavy atom. The number of likely N-dealkylation sites (tertiary alicyclic amines) is 1. The second-order valence-electron chi connectivity index (χ2n) is 5.72. The molecule has 2 rings (SSSR count). The molecule has 5 heteroatoms. The number of ether oxygens (including phenoxy) is 1. The number of methoxy groups -OCH3 is 1. The lowest BCUT2D eigenvalue weighted by Gasteiger charge is -2.39. The first kappa shape index (κ1) is 15.8. The van der Waals surface area contributed by atoms with Gasteiger partial charge in [-0.3, -0.25) is 9.69 Å². The molecule has 1 atom stereocenters.